The van der Waals surface area contributed by atoms with E-state index in [1.165, 1.54) is 0 Å². The van der Waals surface area contributed by atoms with Gasteiger partial charge in [-0.05, 0) is 12.1 Å². The number of sulfonamides is 1. The highest BCUT2D eigenvalue weighted by molar-refractivity contribution is 7.89. The van der Waals surface area contributed by atoms with Gasteiger partial charge in [-0.1, -0.05) is 11.6 Å². The van der Waals surface area contributed by atoms with Crippen LogP contribution in [-0.4, -0.2) is 30.7 Å². The van der Waals surface area contributed by atoms with E-state index in [-0.39, 0.29) is 5.02 Å². The molecule has 0 atom stereocenters. The van der Waals surface area contributed by atoms with Crippen molar-refractivity contribution in [2.45, 2.75) is 4.90 Å². The first-order valence-corrected chi connectivity index (χ1v) is 6.84. The topological polar surface area (TPSA) is 128 Å². The van der Waals surface area contributed by atoms with Crippen molar-refractivity contribution in [1.29, 1.82) is 10.5 Å². The van der Waals surface area contributed by atoms with Crippen molar-refractivity contribution < 1.29 is 13.3 Å². The third-order valence-electron chi connectivity index (χ3n) is 2.25. The van der Waals surface area contributed by atoms with Crippen LogP contribution in [0, 0.1) is 32.8 Å². The summed E-state index contributed by atoms with van der Waals surface area (Å²) in [4.78, 5) is 9.51. The summed E-state index contributed by atoms with van der Waals surface area (Å²) < 4.78 is 24.9. The number of hydrogen-bond donors (Lipinski definition) is 0. The molecule has 1 rings (SSSR count). The molecule has 0 bridgehead atoms. The van der Waals surface area contributed by atoms with Gasteiger partial charge in [-0.25, -0.2) is 8.42 Å². The van der Waals surface area contributed by atoms with Gasteiger partial charge in [0.05, 0.1) is 22.0 Å². The van der Waals surface area contributed by atoms with E-state index in [1.807, 2.05) is 0 Å². The van der Waals surface area contributed by atoms with Crippen molar-refractivity contribution in [3.8, 4) is 12.1 Å². The van der Waals surface area contributed by atoms with Crippen molar-refractivity contribution in [3.05, 3.63) is 33.3 Å². The molecule has 1 aromatic carbocycles. The lowest BCUT2D eigenvalue weighted by Gasteiger charge is -2.15. The van der Waals surface area contributed by atoms with Gasteiger partial charge in [0.25, 0.3) is 5.69 Å². The van der Waals surface area contributed by atoms with Crippen LogP contribution in [0.1, 0.15) is 0 Å². The molecule has 0 heterocycles. The summed E-state index contributed by atoms with van der Waals surface area (Å²) in [5, 5.41) is 27.7. The fourth-order valence-corrected chi connectivity index (χ4v) is 2.77. The van der Waals surface area contributed by atoms with Crippen molar-refractivity contribution in [3.63, 3.8) is 0 Å². The van der Waals surface area contributed by atoms with E-state index in [1.54, 1.807) is 12.1 Å². The van der Waals surface area contributed by atoms with Gasteiger partial charge in [0.2, 0.25) is 10.0 Å². The van der Waals surface area contributed by atoms with Crippen LogP contribution in [0.3, 0.4) is 0 Å². The molecule has 0 amide bonds. The molecule has 8 nitrogen and oxygen atoms in total. The number of nitro groups is 1. The molecular weight excluding hydrogens is 308 g/mol. The predicted molar refractivity (Wildman–Crippen MR) is 68.1 cm³/mol. The Bertz CT molecular complexity index is 704. The van der Waals surface area contributed by atoms with Gasteiger partial charge >= 0.3 is 0 Å². The minimum atomic E-state index is -4.17. The van der Waals surface area contributed by atoms with Gasteiger partial charge in [0.1, 0.15) is 18.1 Å². The van der Waals surface area contributed by atoms with E-state index in [4.69, 9.17) is 22.1 Å². The quantitative estimate of drug-likeness (QED) is 0.457. The van der Waals surface area contributed by atoms with Crippen LogP contribution in [0.25, 0.3) is 0 Å². The highest BCUT2D eigenvalue weighted by Crippen LogP contribution is 2.28. The minimum absolute atomic E-state index is 0.207. The number of hydrogen-bond acceptors (Lipinski definition) is 6. The second-order valence-corrected chi connectivity index (χ2v) is 5.80. The van der Waals surface area contributed by atoms with Crippen LogP contribution in [0.15, 0.2) is 23.1 Å². The van der Waals surface area contributed by atoms with Crippen LogP contribution < -0.4 is 0 Å². The van der Waals surface area contributed by atoms with Crippen molar-refractivity contribution >= 4 is 27.3 Å². The maximum Gasteiger partial charge on any atom is 0.289 e. The maximum absolute atomic E-state index is 12.2. The largest absolute Gasteiger partial charge is 0.289 e. The third kappa shape index (κ3) is 3.22. The molecule has 1 aromatic rings. The van der Waals surface area contributed by atoms with Gasteiger partial charge in [0.15, 0.2) is 0 Å². The molecule has 0 unspecified atom stereocenters. The molecular formula is C10H7ClN4O4S. The summed E-state index contributed by atoms with van der Waals surface area (Å²) in [5.41, 5.74) is -0.568. The fourth-order valence-electron chi connectivity index (χ4n) is 1.33. The lowest BCUT2D eigenvalue weighted by Crippen LogP contribution is -2.31. The molecule has 0 saturated carbocycles. The summed E-state index contributed by atoms with van der Waals surface area (Å²) in [5.74, 6) is 0. The minimum Gasteiger partial charge on any atom is -0.258 e. The van der Waals surface area contributed by atoms with Crippen LogP contribution >= 0.6 is 11.6 Å². The first-order chi connectivity index (χ1) is 9.34. The van der Waals surface area contributed by atoms with E-state index in [0.717, 1.165) is 18.2 Å². The lowest BCUT2D eigenvalue weighted by atomic mass is 10.3. The standard InChI is InChI=1S/C10H7ClN4O4S/c11-9-2-1-8(7-10(9)15(16)17)20(18,19)14(5-3-12)6-4-13/h1-2,7H,5-6H2. The molecule has 0 spiro atoms. The number of nitro benzene ring substituents is 1. The normalized spacial score (nSPS) is 10.8. The number of benzene rings is 1. The van der Waals surface area contributed by atoms with Gasteiger partial charge in [-0.15, -0.1) is 0 Å². The molecule has 0 aromatic heterocycles. The smallest absolute Gasteiger partial charge is 0.258 e. The summed E-state index contributed by atoms with van der Waals surface area (Å²) in [6.45, 7) is -1.07. The van der Waals surface area contributed by atoms with Crippen LogP contribution in [0.2, 0.25) is 5.02 Å². The fraction of sp³-hybridized carbons (Fsp3) is 0.200. The Labute approximate surface area is 119 Å². The number of nitrogens with zero attached hydrogens (tertiary/aromatic N) is 4. The average molecular weight is 315 g/mol. The SMILES string of the molecule is N#CCN(CC#N)S(=O)(=O)c1ccc(Cl)c([N+](=O)[O-])c1. The molecule has 0 aliphatic heterocycles. The summed E-state index contributed by atoms with van der Waals surface area (Å²) in [6, 6.07) is 6.17. The van der Waals surface area contributed by atoms with E-state index < -0.39 is 38.6 Å². The second-order valence-electron chi connectivity index (χ2n) is 3.46. The molecule has 0 fully saturated rings. The van der Waals surface area contributed by atoms with Gasteiger partial charge in [-0.2, -0.15) is 14.8 Å². The van der Waals surface area contributed by atoms with Crippen molar-refractivity contribution in [1.82, 2.24) is 4.31 Å². The second kappa shape index (κ2) is 6.30. The molecule has 0 N–H and O–H groups in total. The Morgan fingerprint density at radius 1 is 1.30 bits per heavy atom. The van der Waals surface area contributed by atoms with Gasteiger partial charge < -0.3 is 0 Å². The Morgan fingerprint density at radius 3 is 2.30 bits per heavy atom. The lowest BCUT2D eigenvalue weighted by molar-refractivity contribution is -0.384. The Morgan fingerprint density at radius 2 is 1.85 bits per heavy atom. The molecule has 104 valence electrons. The maximum atomic E-state index is 12.2. The zero-order valence-corrected chi connectivity index (χ0v) is 11.4. The molecule has 0 aliphatic carbocycles. The Balaban J connectivity index is 3.35. The Kier molecular flexibility index (Phi) is 5.00. The predicted octanol–water partition coefficient (Wildman–Crippen LogP) is 1.29. The summed E-state index contributed by atoms with van der Waals surface area (Å²) in [6.07, 6.45) is 0. The number of halogens is 1. The van der Waals surface area contributed by atoms with Gasteiger partial charge in [-0.3, -0.25) is 10.1 Å². The number of nitriles is 2. The first-order valence-electron chi connectivity index (χ1n) is 5.02. The average Bonchev–Trinajstić information content (AvgIpc) is 2.38. The molecule has 10 heteroatoms. The monoisotopic (exact) mass is 314 g/mol. The van der Waals surface area contributed by atoms with E-state index in [2.05, 4.69) is 0 Å². The summed E-state index contributed by atoms with van der Waals surface area (Å²) >= 11 is 5.59. The first kappa shape index (κ1) is 15.9. The highest BCUT2D eigenvalue weighted by Gasteiger charge is 2.27. The van der Waals surface area contributed by atoms with Gasteiger partial charge in [0, 0.05) is 6.07 Å². The third-order valence-corrected chi connectivity index (χ3v) is 4.35. The zero-order valence-electron chi connectivity index (χ0n) is 9.85. The van der Waals surface area contributed by atoms with Crippen LogP contribution in [0.5, 0.6) is 0 Å². The molecule has 0 radical (unpaired) electrons. The summed E-state index contributed by atoms with van der Waals surface area (Å²) in [7, 11) is -4.17. The molecule has 0 saturated heterocycles. The van der Waals surface area contributed by atoms with Crippen molar-refractivity contribution in [2.24, 2.45) is 0 Å². The van der Waals surface area contributed by atoms with Crippen LogP contribution in [-0.2, 0) is 10.0 Å². The molecule has 20 heavy (non-hydrogen) atoms. The van der Waals surface area contributed by atoms with Crippen LogP contribution in [0.4, 0.5) is 5.69 Å². The zero-order chi connectivity index (χ0) is 15.3. The van der Waals surface area contributed by atoms with E-state index >= 15 is 0 Å². The molecule has 0 aliphatic rings. The Hall–Kier alpha value is -2.20. The highest BCUT2D eigenvalue weighted by atomic mass is 35.5. The van der Waals surface area contributed by atoms with Crippen molar-refractivity contribution in [2.75, 3.05) is 13.1 Å². The number of rotatable bonds is 5. The van der Waals surface area contributed by atoms with E-state index in [9.17, 15) is 18.5 Å². The van der Waals surface area contributed by atoms with E-state index in [0.29, 0.717) is 4.31 Å².